The molecule has 4 heteroatoms. The number of benzene rings is 2. The minimum Gasteiger partial charge on any atom is -0.274 e. The van der Waals surface area contributed by atoms with E-state index < -0.39 is 0 Å². The highest BCUT2D eigenvalue weighted by Gasteiger charge is 2.14. The number of nitrogens with one attached hydrogen (secondary N) is 1. The molecule has 4 aromatic rings. The van der Waals surface area contributed by atoms with Crippen molar-refractivity contribution < 1.29 is 0 Å². The van der Waals surface area contributed by atoms with E-state index in [4.69, 9.17) is 0 Å². The summed E-state index contributed by atoms with van der Waals surface area (Å²) in [6.07, 6.45) is 0. The standard InChI is InChI=1S/C17H13N3O/c1-11-13-9-5-6-10-14(13)18-16-15(11)17(21)20(19-16)12-7-3-2-4-8-12/h2-10H,1H3,(H,18,19). The summed E-state index contributed by atoms with van der Waals surface area (Å²) >= 11 is 0. The molecule has 0 radical (unpaired) electrons. The number of nitrogens with zero attached hydrogens (tertiary/aromatic N) is 2. The maximum absolute atomic E-state index is 12.7. The first-order chi connectivity index (χ1) is 10.3. The van der Waals surface area contributed by atoms with Crippen molar-refractivity contribution >= 4 is 21.9 Å². The Morgan fingerprint density at radius 2 is 1.71 bits per heavy atom. The molecule has 102 valence electrons. The van der Waals surface area contributed by atoms with Gasteiger partial charge in [0.15, 0.2) is 5.65 Å². The fourth-order valence-electron chi connectivity index (χ4n) is 2.75. The van der Waals surface area contributed by atoms with E-state index in [1.54, 1.807) is 4.68 Å². The van der Waals surface area contributed by atoms with E-state index in [1.165, 1.54) is 0 Å². The van der Waals surface area contributed by atoms with Gasteiger partial charge in [-0.3, -0.25) is 9.89 Å². The number of H-pyrrole nitrogens is 1. The Balaban J connectivity index is 2.14. The molecule has 0 atom stereocenters. The van der Waals surface area contributed by atoms with Crippen LogP contribution in [0.5, 0.6) is 0 Å². The van der Waals surface area contributed by atoms with Crippen LogP contribution in [0.25, 0.3) is 27.6 Å². The molecule has 0 fully saturated rings. The number of aryl methyl sites for hydroxylation is 1. The highest BCUT2D eigenvalue weighted by atomic mass is 16.1. The average molecular weight is 275 g/mol. The van der Waals surface area contributed by atoms with E-state index in [2.05, 4.69) is 10.1 Å². The van der Waals surface area contributed by atoms with Crippen molar-refractivity contribution in [2.75, 3.05) is 0 Å². The van der Waals surface area contributed by atoms with Crippen LogP contribution in [0.15, 0.2) is 59.4 Å². The van der Waals surface area contributed by atoms with Gasteiger partial charge in [0, 0.05) is 5.39 Å². The maximum atomic E-state index is 12.7. The molecule has 0 bridgehead atoms. The van der Waals surface area contributed by atoms with Gasteiger partial charge in [0.1, 0.15) is 0 Å². The number of rotatable bonds is 1. The Hall–Kier alpha value is -2.88. The van der Waals surface area contributed by atoms with Gasteiger partial charge in [-0.2, -0.15) is 0 Å². The first kappa shape index (κ1) is 11.9. The summed E-state index contributed by atoms with van der Waals surface area (Å²) in [5.74, 6) is 0. The van der Waals surface area contributed by atoms with Crippen LogP contribution in [0.1, 0.15) is 5.56 Å². The number of aromatic nitrogens is 3. The highest BCUT2D eigenvalue weighted by Crippen LogP contribution is 2.22. The van der Waals surface area contributed by atoms with Gasteiger partial charge in [0.05, 0.1) is 16.6 Å². The summed E-state index contributed by atoms with van der Waals surface area (Å²) in [7, 11) is 0. The lowest BCUT2D eigenvalue weighted by atomic mass is 10.1. The molecule has 2 aromatic carbocycles. The van der Waals surface area contributed by atoms with Crippen LogP contribution in [0.2, 0.25) is 0 Å². The first-order valence-corrected chi connectivity index (χ1v) is 6.81. The number of hydrogen-bond acceptors (Lipinski definition) is 2. The summed E-state index contributed by atoms with van der Waals surface area (Å²) in [5.41, 5.74) is 3.23. The van der Waals surface area contributed by atoms with Crippen molar-refractivity contribution in [2.45, 2.75) is 6.92 Å². The third-order valence-corrected chi connectivity index (χ3v) is 3.80. The predicted molar refractivity (Wildman–Crippen MR) is 83.9 cm³/mol. The van der Waals surface area contributed by atoms with Gasteiger partial charge in [-0.15, -0.1) is 0 Å². The van der Waals surface area contributed by atoms with Crippen molar-refractivity contribution in [3.8, 4) is 5.69 Å². The SMILES string of the molecule is Cc1c2ccccc2nc2[nH]n(-c3ccccc3)c(=O)c12. The molecule has 0 aliphatic rings. The third kappa shape index (κ3) is 1.69. The number of pyridine rings is 1. The topological polar surface area (TPSA) is 50.7 Å². The van der Waals surface area contributed by atoms with E-state index in [-0.39, 0.29) is 5.56 Å². The average Bonchev–Trinajstić information content (AvgIpc) is 2.85. The van der Waals surface area contributed by atoms with Crippen molar-refractivity contribution in [2.24, 2.45) is 0 Å². The molecule has 0 aliphatic heterocycles. The molecule has 0 amide bonds. The molecule has 1 N–H and O–H groups in total. The molecular formula is C17H13N3O. The number of para-hydroxylation sites is 2. The molecule has 4 nitrogen and oxygen atoms in total. The molecule has 21 heavy (non-hydrogen) atoms. The fourth-order valence-corrected chi connectivity index (χ4v) is 2.75. The first-order valence-electron chi connectivity index (χ1n) is 6.81. The Morgan fingerprint density at radius 1 is 1.00 bits per heavy atom. The number of fused-ring (bicyclic) bond motifs is 2. The van der Waals surface area contributed by atoms with E-state index in [0.717, 1.165) is 22.2 Å². The zero-order valence-electron chi connectivity index (χ0n) is 11.5. The minimum atomic E-state index is -0.0630. The fraction of sp³-hybridized carbons (Fsp3) is 0.0588. The highest BCUT2D eigenvalue weighted by molar-refractivity contribution is 5.95. The van der Waals surface area contributed by atoms with Crippen LogP contribution in [0, 0.1) is 6.92 Å². The second-order valence-electron chi connectivity index (χ2n) is 5.07. The Labute approximate surface area is 120 Å². The van der Waals surface area contributed by atoms with Gasteiger partial charge < -0.3 is 0 Å². The molecule has 0 saturated carbocycles. The Bertz CT molecular complexity index is 1010. The Kier molecular flexibility index (Phi) is 2.44. The third-order valence-electron chi connectivity index (χ3n) is 3.80. The van der Waals surface area contributed by atoms with Crippen LogP contribution in [-0.4, -0.2) is 14.8 Å². The second kappa shape index (κ2) is 4.31. The zero-order valence-corrected chi connectivity index (χ0v) is 11.5. The molecule has 4 rings (SSSR count). The van der Waals surface area contributed by atoms with Gasteiger partial charge in [-0.1, -0.05) is 36.4 Å². The van der Waals surface area contributed by atoms with Crippen LogP contribution in [-0.2, 0) is 0 Å². The second-order valence-corrected chi connectivity index (χ2v) is 5.07. The summed E-state index contributed by atoms with van der Waals surface area (Å²) in [6.45, 7) is 1.97. The van der Waals surface area contributed by atoms with Crippen LogP contribution >= 0.6 is 0 Å². The lowest BCUT2D eigenvalue weighted by Gasteiger charge is -2.00. The summed E-state index contributed by atoms with van der Waals surface area (Å²) < 4.78 is 1.55. The van der Waals surface area contributed by atoms with E-state index in [1.807, 2.05) is 61.5 Å². The molecule has 2 aromatic heterocycles. The Morgan fingerprint density at radius 3 is 2.52 bits per heavy atom. The lowest BCUT2D eigenvalue weighted by molar-refractivity contribution is 0.859. The molecular weight excluding hydrogens is 262 g/mol. The van der Waals surface area contributed by atoms with Gasteiger partial charge in [-0.05, 0) is 30.7 Å². The van der Waals surface area contributed by atoms with Crippen LogP contribution in [0.4, 0.5) is 0 Å². The smallest absolute Gasteiger partial charge is 0.274 e. The summed E-state index contributed by atoms with van der Waals surface area (Å²) in [6, 6.07) is 17.4. The van der Waals surface area contributed by atoms with E-state index in [0.29, 0.717) is 11.0 Å². The largest absolute Gasteiger partial charge is 0.281 e. The van der Waals surface area contributed by atoms with Gasteiger partial charge >= 0.3 is 0 Å². The van der Waals surface area contributed by atoms with E-state index in [9.17, 15) is 4.79 Å². The molecule has 0 aliphatic carbocycles. The van der Waals surface area contributed by atoms with Crippen LogP contribution in [0.3, 0.4) is 0 Å². The number of hydrogen-bond donors (Lipinski definition) is 1. The molecule has 0 spiro atoms. The summed E-state index contributed by atoms with van der Waals surface area (Å²) in [5, 5.41) is 4.77. The van der Waals surface area contributed by atoms with Gasteiger partial charge in [0.25, 0.3) is 5.56 Å². The molecule has 0 unspecified atom stereocenters. The van der Waals surface area contributed by atoms with Crippen molar-refractivity contribution in [1.29, 1.82) is 0 Å². The molecule has 2 heterocycles. The summed E-state index contributed by atoms with van der Waals surface area (Å²) in [4.78, 5) is 17.3. The normalized spacial score (nSPS) is 11.3. The van der Waals surface area contributed by atoms with Gasteiger partial charge in [-0.25, -0.2) is 9.67 Å². The maximum Gasteiger partial charge on any atom is 0.281 e. The monoisotopic (exact) mass is 275 g/mol. The lowest BCUT2D eigenvalue weighted by Crippen LogP contribution is -2.14. The van der Waals surface area contributed by atoms with Crippen molar-refractivity contribution in [3.63, 3.8) is 0 Å². The van der Waals surface area contributed by atoms with Crippen molar-refractivity contribution in [3.05, 3.63) is 70.5 Å². The zero-order chi connectivity index (χ0) is 14.4. The molecule has 0 saturated heterocycles. The van der Waals surface area contributed by atoms with E-state index >= 15 is 0 Å². The predicted octanol–water partition coefficient (Wildman–Crippen LogP) is 3.18. The van der Waals surface area contributed by atoms with Crippen molar-refractivity contribution in [1.82, 2.24) is 14.8 Å². The quantitative estimate of drug-likeness (QED) is 0.580. The van der Waals surface area contributed by atoms with Crippen LogP contribution < -0.4 is 5.56 Å². The van der Waals surface area contributed by atoms with Gasteiger partial charge in [0.2, 0.25) is 0 Å². The number of aromatic amines is 1. The minimum absolute atomic E-state index is 0.0630.